The van der Waals surface area contributed by atoms with Crippen LogP contribution in [0, 0.1) is 12.8 Å². The fraction of sp³-hybridized carbons (Fsp3) is 0.528. The number of thiazole rings is 1. The van der Waals surface area contributed by atoms with Crippen LogP contribution in [0.5, 0.6) is 11.5 Å². The third kappa shape index (κ3) is 7.46. The SMILES string of the molecule is COc1ccc2c(O[C@H]3CCN4C(=O)N(C)CCCC/C=C/[C@@H]5C[C@@]5(C(=O)NS(=O)(=O)C5CC5)NC(=O)[C@@H]4C3)cc(-c3nc(C(F)(F)F)cs3)nc2c1C. The molecule has 4 aliphatic rings. The zero-order valence-electron chi connectivity index (χ0n) is 29.9. The van der Waals surface area contributed by atoms with Crippen LogP contribution in [0.25, 0.3) is 21.6 Å². The van der Waals surface area contributed by atoms with Crippen molar-refractivity contribution in [3.8, 4) is 22.2 Å². The number of carbonyl (C=O) groups excluding carboxylic acids is 3. The number of ether oxygens (including phenoxy) is 2. The smallest absolute Gasteiger partial charge is 0.434 e. The second kappa shape index (κ2) is 14.3. The Morgan fingerprint density at radius 3 is 2.59 bits per heavy atom. The van der Waals surface area contributed by atoms with Gasteiger partial charge in [-0.3, -0.25) is 14.3 Å². The number of carbonyl (C=O) groups is 3. The fourth-order valence-electron chi connectivity index (χ4n) is 7.18. The van der Waals surface area contributed by atoms with E-state index >= 15 is 0 Å². The van der Waals surface area contributed by atoms with Crippen molar-refractivity contribution in [2.45, 2.75) is 87.4 Å². The fourth-order valence-corrected chi connectivity index (χ4v) is 9.33. The van der Waals surface area contributed by atoms with Gasteiger partial charge in [0, 0.05) is 61.3 Å². The summed E-state index contributed by atoms with van der Waals surface area (Å²) in [5.74, 6) is -1.06. The van der Waals surface area contributed by atoms with Crippen LogP contribution in [-0.4, -0.2) is 96.2 Å². The number of piperidine rings is 1. The second-order valence-corrected chi connectivity index (χ2v) is 17.2. The number of aryl methyl sites for hydroxylation is 1. The molecule has 2 saturated carbocycles. The monoisotopic (exact) mass is 790 g/mol. The van der Waals surface area contributed by atoms with E-state index in [0.29, 0.717) is 66.6 Å². The van der Waals surface area contributed by atoms with E-state index < -0.39 is 62.6 Å². The molecule has 0 radical (unpaired) electrons. The summed E-state index contributed by atoms with van der Waals surface area (Å²) in [4.78, 5) is 53.3. The van der Waals surface area contributed by atoms with Gasteiger partial charge in [-0.25, -0.2) is 23.2 Å². The molecule has 4 amide bonds. The lowest BCUT2D eigenvalue weighted by atomic mass is 9.97. The first kappa shape index (κ1) is 37.8. The summed E-state index contributed by atoms with van der Waals surface area (Å²) < 4.78 is 80.3. The number of hydrogen-bond acceptors (Lipinski definition) is 10. The highest BCUT2D eigenvalue weighted by Gasteiger charge is 2.62. The molecule has 4 heterocycles. The van der Waals surface area contributed by atoms with Crippen molar-refractivity contribution in [3.63, 3.8) is 0 Å². The molecule has 1 aromatic carbocycles. The molecule has 2 aromatic heterocycles. The van der Waals surface area contributed by atoms with E-state index in [1.165, 1.54) is 18.1 Å². The van der Waals surface area contributed by atoms with Gasteiger partial charge in [0.15, 0.2) is 5.69 Å². The summed E-state index contributed by atoms with van der Waals surface area (Å²) in [5.41, 5.74) is -1.34. The maximum absolute atomic E-state index is 14.3. The summed E-state index contributed by atoms with van der Waals surface area (Å²) in [6.45, 7) is 2.36. The minimum absolute atomic E-state index is 0.00769. The molecule has 2 aliphatic heterocycles. The topological polar surface area (TPSA) is 160 Å². The van der Waals surface area contributed by atoms with Crippen LogP contribution in [-0.2, 0) is 25.8 Å². The molecular formula is C36H41F3N6O7S2. The first-order valence-corrected chi connectivity index (χ1v) is 20.3. The average Bonchev–Trinajstić information content (AvgIpc) is 4.05. The third-order valence-corrected chi connectivity index (χ3v) is 13.2. The van der Waals surface area contributed by atoms with Gasteiger partial charge in [-0.1, -0.05) is 12.2 Å². The van der Waals surface area contributed by atoms with Crippen LogP contribution in [0.3, 0.4) is 0 Å². The Morgan fingerprint density at radius 1 is 1.11 bits per heavy atom. The Bertz CT molecular complexity index is 2120. The van der Waals surface area contributed by atoms with Crippen molar-refractivity contribution in [1.29, 1.82) is 0 Å². The second-order valence-electron chi connectivity index (χ2n) is 14.4. The van der Waals surface area contributed by atoms with E-state index in [1.807, 2.05) is 12.2 Å². The number of alkyl halides is 3. The van der Waals surface area contributed by atoms with Crippen molar-refractivity contribution in [3.05, 3.63) is 47.0 Å². The quantitative estimate of drug-likeness (QED) is 0.308. The van der Waals surface area contributed by atoms with Gasteiger partial charge in [-0.2, -0.15) is 13.2 Å². The summed E-state index contributed by atoms with van der Waals surface area (Å²) in [6, 6.07) is 3.52. The molecular weight excluding hydrogens is 750 g/mol. The molecule has 54 heavy (non-hydrogen) atoms. The molecule has 4 atom stereocenters. The number of sulfonamides is 1. The molecule has 1 saturated heterocycles. The van der Waals surface area contributed by atoms with Crippen LogP contribution in [0.2, 0.25) is 0 Å². The molecule has 3 aromatic rings. The molecule has 290 valence electrons. The summed E-state index contributed by atoms with van der Waals surface area (Å²) in [7, 11) is -0.740. The van der Waals surface area contributed by atoms with E-state index in [4.69, 9.17) is 9.47 Å². The summed E-state index contributed by atoms with van der Waals surface area (Å²) in [6.07, 6.45) is 2.09. The predicted molar refractivity (Wildman–Crippen MR) is 193 cm³/mol. The predicted octanol–water partition coefficient (Wildman–Crippen LogP) is 5.18. The highest BCUT2D eigenvalue weighted by molar-refractivity contribution is 7.91. The Hall–Kier alpha value is -4.45. The normalized spacial score (nSPS) is 25.9. The lowest BCUT2D eigenvalue weighted by Gasteiger charge is -2.40. The molecule has 2 N–H and O–H groups in total. The molecule has 0 bridgehead atoms. The van der Waals surface area contributed by atoms with Crippen molar-refractivity contribution in [2.24, 2.45) is 5.92 Å². The average molecular weight is 791 g/mol. The number of pyridine rings is 1. The number of hydrogen-bond donors (Lipinski definition) is 2. The highest BCUT2D eigenvalue weighted by atomic mass is 32.2. The van der Waals surface area contributed by atoms with Gasteiger partial charge in [-0.05, 0) is 57.6 Å². The third-order valence-electron chi connectivity index (χ3n) is 10.6. The van der Waals surface area contributed by atoms with Crippen LogP contribution < -0.4 is 19.5 Å². The van der Waals surface area contributed by atoms with Gasteiger partial charge in [0.05, 0.1) is 17.9 Å². The number of urea groups is 1. The van der Waals surface area contributed by atoms with Crippen molar-refractivity contribution < 1.29 is 45.4 Å². The van der Waals surface area contributed by atoms with E-state index in [-0.39, 0.29) is 36.1 Å². The zero-order valence-corrected chi connectivity index (χ0v) is 31.6. The number of methoxy groups -OCH3 is 1. The molecule has 0 unspecified atom stereocenters. The number of nitrogens with one attached hydrogen (secondary N) is 2. The van der Waals surface area contributed by atoms with Crippen molar-refractivity contribution >= 4 is 50.1 Å². The van der Waals surface area contributed by atoms with Crippen LogP contribution >= 0.6 is 11.3 Å². The molecule has 2 aliphatic carbocycles. The number of amides is 4. The van der Waals surface area contributed by atoms with Crippen LogP contribution in [0.4, 0.5) is 18.0 Å². The first-order chi connectivity index (χ1) is 25.6. The largest absolute Gasteiger partial charge is 0.496 e. The van der Waals surface area contributed by atoms with Crippen LogP contribution in [0.1, 0.15) is 62.6 Å². The number of aromatic nitrogens is 2. The van der Waals surface area contributed by atoms with Gasteiger partial charge < -0.3 is 24.6 Å². The van der Waals surface area contributed by atoms with E-state index in [9.17, 15) is 36.0 Å². The maximum Gasteiger partial charge on any atom is 0.434 e. The van der Waals surface area contributed by atoms with Gasteiger partial charge in [0.2, 0.25) is 15.9 Å². The number of halogens is 3. The first-order valence-electron chi connectivity index (χ1n) is 17.9. The van der Waals surface area contributed by atoms with Crippen molar-refractivity contribution in [2.75, 3.05) is 27.2 Å². The highest BCUT2D eigenvalue weighted by Crippen LogP contribution is 2.46. The van der Waals surface area contributed by atoms with Crippen LogP contribution in [0.15, 0.2) is 35.7 Å². The van der Waals surface area contributed by atoms with E-state index in [0.717, 1.165) is 23.1 Å². The Balaban J connectivity index is 1.21. The zero-order chi connectivity index (χ0) is 38.6. The number of rotatable bonds is 7. The Labute approximate surface area is 314 Å². The molecule has 18 heteroatoms. The summed E-state index contributed by atoms with van der Waals surface area (Å²) in [5, 5.41) is 3.73. The maximum atomic E-state index is 14.3. The van der Waals surface area contributed by atoms with E-state index in [2.05, 4.69) is 20.0 Å². The molecule has 0 spiro atoms. The van der Waals surface area contributed by atoms with Gasteiger partial charge in [-0.15, -0.1) is 11.3 Å². The number of benzene rings is 1. The minimum Gasteiger partial charge on any atom is -0.496 e. The summed E-state index contributed by atoms with van der Waals surface area (Å²) >= 11 is 0.795. The van der Waals surface area contributed by atoms with Crippen molar-refractivity contribution in [1.82, 2.24) is 29.8 Å². The van der Waals surface area contributed by atoms with Gasteiger partial charge in [0.25, 0.3) is 5.91 Å². The van der Waals surface area contributed by atoms with Gasteiger partial charge in [0.1, 0.15) is 39.9 Å². The lowest BCUT2D eigenvalue weighted by Crippen LogP contribution is -2.61. The van der Waals surface area contributed by atoms with Gasteiger partial charge >= 0.3 is 12.2 Å². The molecule has 13 nitrogen and oxygen atoms in total. The number of allylic oxidation sites excluding steroid dienone is 1. The lowest BCUT2D eigenvalue weighted by molar-refractivity contribution is -0.140. The Kier molecular flexibility index (Phi) is 10.0. The Morgan fingerprint density at radius 2 is 1.89 bits per heavy atom. The molecule has 3 fully saturated rings. The van der Waals surface area contributed by atoms with E-state index in [1.54, 1.807) is 31.0 Å². The number of nitrogens with zero attached hydrogens (tertiary/aromatic N) is 4. The molecule has 7 rings (SSSR count). The number of fused-ring (bicyclic) bond motifs is 3. The standard InChI is InChI=1S/C36H41F3N6O7S2/c1-20-27(51-3)12-11-24-28(17-25(40-30(20)24)32-41-29(19-53-32)36(37,38)39)52-22-13-15-45-26(16-22)31(46)42-35(33(47)43-54(49,50)23-9-10-23)18-21(35)8-6-4-5-7-14-44(2)34(45)48/h6,8,11-12,17,19,21-23,26H,4-5,7,9-10,13-16,18H2,1-3H3,(H,42,46)(H,43,47)/b8-6+/t21-,22+,26+,35-/m1/s1. The minimum atomic E-state index is -4.64.